The fraction of sp³-hybridized carbons (Fsp3) is 0.500. The van der Waals surface area contributed by atoms with Crippen LogP contribution in [0.2, 0.25) is 0 Å². The number of pyridine rings is 1. The van der Waals surface area contributed by atoms with E-state index in [4.69, 9.17) is 4.98 Å². The Morgan fingerprint density at radius 2 is 1.86 bits per heavy atom. The number of hydrogen-bond acceptors (Lipinski definition) is 3. The molecule has 0 unspecified atom stereocenters. The van der Waals surface area contributed by atoms with Crippen molar-refractivity contribution in [1.82, 2.24) is 15.2 Å². The Bertz CT molecular complexity index is 615. The van der Waals surface area contributed by atoms with Crippen molar-refractivity contribution in [3.63, 3.8) is 0 Å². The molecular weight excluding hydrogens is 258 g/mol. The molecule has 1 atom stereocenters. The fourth-order valence-corrected chi connectivity index (χ4v) is 3.69. The van der Waals surface area contributed by atoms with E-state index in [2.05, 4.69) is 46.6 Å². The largest absolute Gasteiger partial charge is 0.314 e. The third kappa shape index (κ3) is 2.56. The van der Waals surface area contributed by atoms with Crippen molar-refractivity contribution in [3.05, 3.63) is 42.1 Å². The molecule has 0 amide bonds. The van der Waals surface area contributed by atoms with Gasteiger partial charge in [0, 0.05) is 31.6 Å². The van der Waals surface area contributed by atoms with Crippen LogP contribution in [0, 0.1) is 5.92 Å². The minimum atomic E-state index is 0.519. The van der Waals surface area contributed by atoms with Gasteiger partial charge >= 0.3 is 0 Å². The van der Waals surface area contributed by atoms with Crippen LogP contribution in [0.1, 0.15) is 31.0 Å². The maximum absolute atomic E-state index is 4.99. The normalized spacial score (nSPS) is 22.1. The zero-order valence-corrected chi connectivity index (χ0v) is 12.5. The van der Waals surface area contributed by atoms with Crippen LogP contribution in [0.3, 0.4) is 0 Å². The molecule has 3 heteroatoms. The standard InChI is InChI=1S/C18H23N3/c1-2-7-16-14(4-1)8-9-17(20-16)18(15-5-3-6-15)21-12-10-19-11-13-21/h1-2,4,7-9,15,18-19H,3,5-6,10-13H2/t18-/m1/s1. The smallest absolute Gasteiger partial charge is 0.0706 e. The Hall–Kier alpha value is -1.45. The Kier molecular flexibility index (Phi) is 3.62. The minimum absolute atomic E-state index is 0.519. The SMILES string of the molecule is c1ccc2nc([C@@H](C3CCC3)N3CCNCC3)ccc2c1. The van der Waals surface area contributed by atoms with Gasteiger partial charge in [-0.25, -0.2) is 0 Å². The first kappa shape index (κ1) is 13.2. The van der Waals surface area contributed by atoms with Crippen LogP contribution in [0.25, 0.3) is 10.9 Å². The van der Waals surface area contributed by atoms with Crippen LogP contribution in [0.5, 0.6) is 0 Å². The van der Waals surface area contributed by atoms with Gasteiger partial charge in [-0.05, 0) is 30.9 Å². The first-order valence-corrected chi connectivity index (χ1v) is 8.22. The summed E-state index contributed by atoms with van der Waals surface area (Å²) in [7, 11) is 0. The van der Waals surface area contributed by atoms with Crippen molar-refractivity contribution >= 4 is 10.9 Å². The molecule has 1 aromatic heterocycles. The summed E-state index contributed by atoms with van der Waals surface area (Å²) in [5, 5.41) is 4.71. The Labute approximate surface area is 126 Å². The molecule has 2 aliphatic rings. The van der Waals surface area contributed by atoms with Gasteiger partial charge in [0.25, 0.3) is 0 Å². The second kappa shape index (κ2) is 5.74. The molecule has 1 aromatic carbocycles. The van der Waals surface area contributed by atoms with E-state index in [9.17, 15) is 0 Å². The number of nitrogens with one attached hydrogen (secondary N) is 1. The number of rotatable bonds is 3. The third-order valence-corrected chi connectivity index (χ3v) is 5.06. The van der Waals surface area contributed by atoms with Crippen LogP contribution < -0.4 is 5.32 Å². The molecule has 4 rings (SSSR count). The average molecular weight is 281 g/mol. The molecule has 0 bridgehead atoms. The van der Waals surface area contributed by atoms with E-state index in [1.165, 1.54) is 30.3 Å². The molecule has 1 aliphatic heterocycles. The van der Waals surface area contributed by atoms with E-state index in [1.807, 2.05) is 0 Å². The summed E-state index contributed by atoms with van der Waals surface area (Å²) in [4.78, 5) is 7.64. The second-order valence-electron chi connectivity index (χ2n) is 6.35. The summed E-state index contributed by atoms with van der Waals surface area (Å²) in [6.45, 7) is 4.51. The molecule has 1 aliphatic carbocycles. The highest BCUT2D eigenvalue weighted by atomic mass is 15.2. The molecular formula is C18H23N3. The zero-order chi connectivity index (χ0) is 14.1. The molecule has 2 aromatic rings. The number of para-hydroxylation sites is 1. The predicted octanol–water partition coefficient (Wildman–Crippen LogP) is 2.98. The van der Waals surface area contributed by atoms with Crippen molar-refractivity contribution in [2.75, 3.05) is 26.2 Å². The monoisotopic (exact) mass is 281 g/mol. The molecule has 1 saturated carbocycles. The lowest BCUT2D eigenvalue weighted by Crippen LogP contribution is -2.48. The first-order chi connectivity index (χ1) is 10.4. The van der Waals surface area contributed by atoms with Crippen molar-refractivity contribution in [2.45, 2.75) is 25.3 Å². The quantitative estimate of drug-likeness (QED) is 0.937. The summed E-state index contributed by atoms with van der Waals surface area (Å²) in [6, 6.07) is 13.5. The highest BCUT2D eigenvalue weighted by Gasteiger charge is 2.34. The minimum Gasteiger partial charge on any atom is -0.314 e. The van der Waals surface area contributed by atoms with Gasteiger partial charge in [-0.2, -0.15) is 0 Å². The number of nitrogens with zero attached hydrogens (tertiary/aromatic N) is 2. The number of benzene rings is 1. The lowest BCUT2D eigenvalue weighted by atomic mass is 9.77. The van der Waals surface area contributed by atoms with E-state index < -0.39 is 0 Å². The van der Waals surface area contributed by atoms with Crippen LogP contribution in [-0.4, -0.2) is 36.1 Å². The van der Waals surface area contributed by atoms with Gasteiger partial charge in [-0.1, -0.05) is 30.7 Å². The Morgan fingerprint density at radius 3 is 2.62 bits per heavy atom. The number of aromatic nitrogens is 1. The first-order valence-electron chi connectivity index (χ1n) is 8.22. The van der Waals surface area contributed by atoms with Gasteiger partial charge < -0.3 is 5.32 Å². The summed E-state index contributed by atoms with van der Waals surface area (Å²) in [5.41, 5.74) is 2.41. The van der Waals surface area contributed by atoms with Gasteiger partial charge in [0.15, 0.2) is 0 Å². The molecule has 0 spiro atoms. The number of piperazine rings is 1. The summed E-state index contributed by atoms with van der Waals surface area (Å²) in [6.07, 6.45) is 4.12. The van der Waals surface area contributed by atoms with Crippen LogP contribution in [0.15, 0.2) is 36.4 Å². The van der Waals surface area contributed by atoms with Crippen molar-refractivity contribution in [2.24, 2.45) is 5.92 Å². The fourth-order valence-electron chi connectivity index (χ4n) is 3.69. The summed E-state index contributed by atoms with van der Waals surface area (Å²) < 4.78 is 0. The number of hydrogen-bond donors (Lipinski definition) is 1. The third-order valence-electron chi connectivity index (χ3n) is 5.06. The van der Waals surface area contributed by atoms with Crippen molar-refractivity contribution in [1.29, 1.82) is 0 Å². The van der Waals surface area contributed by atoms with E-state index >= 15 is 0 Å². The molecule has 110 valence electrons. The van der Waals surface area contributed by atoms with Crippen molar-refractivity contribution in [3.8, 4) is 0 Å². The molecule has 2 heterocycles. The second-order valence-corrected chi connectivity index (χ2v) is 6.35. The Balaban J connectivity index is 1.69. The van der Waals surface area contributed by atoms with E-state index in [0.717, 1.165) is 37.6 Å². The molecule has 0 radical (unpaired) electrons. The van der Waals surface area contributed by atoms with Gasteiger partial charge in [0.1, 0.15) is 0 Å². The van der Waals surface area contributed by atoms with E-state index in [1.54, 1.807) is 0 Å². The predicted molar refractivity (Wildman–Crippen MR) is 86.3 cm³/mol. The highest BCUT2D eigenvalue weighted by molar-refractivity contribution is 5.78. The lowest BCUT2D eigenvalue weighted by molar-refractivity contribution is 0.0811. The summed E-state index contributed by atoms with van der Waals surface area (Å²) in [5.74, 6) is 0.803. The molecule has 21 heavy (non-hydrogen) atoms. The van der Waals surface area contributed by atoms with E-state index in [0.29, 0.717) is 6.04 Å². The molecule has 1 N–H and O–H groups in total. The average Bonchev–Trinajstić information content (AvgIpc) is 2.51. The summed E-state index contributed by atoms with van der Waals surface area (Å²) >= 11 is 0. The van der Waals surface area contributed by atoms with Gasteiger partial charge in [0.2, 0.25) is 0 Å². The van der Waals surface area contributed by atoms with Crippen LogP contribution in [-0.2, 0) is 0 Å². The van der Waals surface area contributed by atoms with Crippen LogP contribution in [0.4, 0.5) is 0 Å². The van der Waals surface area contributed by atoms with Gasteiger partial charge in [0.05, 0.1) is 17.3 Å². The van der Waals surface area contributed by atoms with E-state index in [-0.39, 0.29) is 0 Å². The van der Waals surface area contributed by atoms with Gasteiger partial charge in [-0.15, -0.1) is 0 Å². The Morgan fingerprint density at radius 1 is 1.05 bits per heavy atom. The lowest BCUT2D eigenvalue weighted by Gasteiger charge is -2.42. The van der Waals surface area contributed by atoms with Crippen molar-refractivity contribution < 1.29 is 0 Å². The molecule has 2 fully saturated rings. The zero-order valence-electron chi connectivity index (χ0n) is 12.5. The molecule has 1 saturated heterocycles. The maximum Gasteiger partial charge on any atom is 0.0706 e. The van der Waals surface area contributed by atoms with Crippen LogP contribution >= 0.6 is 0 Å². The molecule has 3 nitrogen and oxygen atoms in total. The maximum atomic E-state index is 4.99. The highest BCUT2D eigenvalue weighted by Crippen LogP contribution is 2.41. The number of fused-ring (bicyclic) bond motifs is 1. The van der Waals surface area contributed by atoms with Gasteiger partial charge in [-0.3, -0.25) is 9.88 Å². The topological polar surface area (TPSA) is 28.2 Å².